The van der Waals surface area contributed by atoms with Gasteiger partial charge in [0.15, 0.2) is 0 Å². The molecule has 0 aliphatic rings. The summed E-state index contributed by atoms with van der Waals surface area (Å²) in [6.07, 6.45) is 1.56. The second-order valence-corrected chi connectivity index (χ2v) is 3.12. The van der Waals surface area contributed by atoms with Crippen molar-refractivity contribution in [1.29, 1.82) is 0 Å². The summed E-state index contributed by atoms with van der Waals surface area (Å²) in [5.74, 6) is 0.790. The molecule has 2 rings (SSSR count). The zero-order valence-corrected chi connectivity index (χ0v) is 8.43. The molecule has 4 nitrogen and oxygen atoms in total. The third-order valence-corrected chi connectivity index (χ3v) is 2.21. The number of nitrogens with zero attached hydrogens (tertiary/aromatic N) is 1. The molecule has 0 unspecified atom stereocenters. The number of aromatic nitrogens is 1. The van der Waals surface area contributed by atoms with E-state index in [4.69, 9.17) is 15.0 Å². The van der Waals surface area contributed by atoms with Crippen LogP contribution >= 0.6 is 0 Å². The van der Waals surface area contributed by atoms with Crippen molar-refractivity contribution in [2.45, 2.75) is 6.54 Å². The van der Waals surface area contributed by atoms with Gasteiger partial charge < -0.3 is 15.0 Å². The summed E-state index contributed by atoms with van der Waals surface area (Å²) in [6, 6.07) is 7.63. The molecule has 2 N–H and O–H groups in total. The summed E-state index contributed by atoms with van der Waals surface area (Å²) in [4.78, 5) is 0. The zero-order chi connectivity index (χ0) is 10.7. The van der Waals surface area contributed by atoms with Crippen LogP contribution in [0.1, 0.15) is 5.56 Å². The first-order valence-electron chi connectivity index (χ1n) is 4.63. The number of benzene rings is 1. The van der Waals surface area contributed by atoms with Crippen molar-refractivity contribution in [3.8, 4) is 17.0 Å². The summed E-state index contributed by atoms with van der Waals surface area (Å²) in [5, 5.41) is 3.92. The molecule has 0 aliphatic carbocycles. The second kappa shape index (κ2) is 4.14. The van der Waals surface area contributed by atoms with E-state index in [0.29, 0.717) is 6.54 Å². The van der Waals surface area contributed by atoms with Crippen LogP contribution in [0.15, 0.2) is 35.1 Å². The number of methoxy groups -OCH3 is 1. The minimum absolute atomic E-state index is 0.413. The van der Waals surface area contributed by atoms with Gasteiger partial charge in [0.05, 0.1) is 7.11 Å². The highest BCUT2D eigenvalue weighted by molar-refractivity contribution is 5.63. The topological polar surface area (TPSA) is 61.3 Å². The van der Waals surface area contributed by atoms with Gasteiger partial charge in [-0.15, -0.1) is 0 Å². The molecule has 15 heavy (non-hydrogen) atoms. The van der Waals surface area contributed by atoms with Gasteiger partial charge in [-0.2, -0.15) is 0 Å². The zero-order valence-electron chi connectivity index (χ0n) is 8.43. The quantitative estimate of drug-likeness (QED) is 0.828. The SMILES string of the molecule is COc1cccc(-c2nocc2CN)c1. The molecule has 0 saturated heterocycles. The summed E-state index contributed by atoms with van der Waals surface area (Å²) < 4.78 is 10.0. The maximum Gasteiger partial charge on any atom is 0.128 e. The number of hydrogen-bond donors (Lipinski definition) is 1. The van der Waals surface area contributed by atoms with E-state index in [0.717, 1.165) is 22.6 Å². The van der Waals surface area contributed by atoms with E-state index >= 15 is 0 Å². The molecule has 4 heteroatoms. The maximum atomic E-state index is 5.57. The highest BCUT2D eigenvalue weighted by Crippen LogP contribution is 2.25. The molecule has 2 aromatic rings. The molecular weight excluding hydrogens is 192 g/mol. The van der Waals surface area contributed by atoms with Crippen LogP contribution in [0.5, 0.6) is 5.75 Å². The van der Waals surface area contributed by atoms with Crippen molar-refractivity contribution >= 4 is 0 Å². The lowest BCUT2D eigenvalue weighted by Gasteiger charge is -2.02. The number of hydrogen-bond acceptors (Lipinski definition) is 4. The smallest absolute Gasteiger partial charge is 0.128 e. The predicted octanol–water partition coefficient (Wildman–Crippen LogP) is 1.81. The van der Waals surface area contributed by atoms with Gasteiger partial charge in [-0.05, 0) is 12.1 Å². The molecule has 0 fully saturated rings. The fraction of sp³-hybridized carbons (Fsp3) is 0.182. The summed E-state index contributed by atoms with van der Waals surface area (Å²) in [5.41, 5.74) is 8.19. The highest BCUT2D eigenvalue weighted by Gasteiger charge is 2.09. The molecule has 1 aromatic carbocycles. The van der Waals surface area contributed by atoms with Gasteiger partial charge in [-0.3, -0.25) is 0 Å². The number of nitrogens with two attached hydrogens (primary N) is 1. The molecule has 0 radical (unpaired) electrons. The van der Waals surface area contributed by atoms with Gasteiger partial charge in [0.2, 0.25) is 0 Å². The lowest BCUT2D eigenvalue weighted by Crippen LogP contribution is -1.96. The van der Waals surface area contributed by atoms with Crippen molar-refractivity contribution in [1.82, 2.24) is 5.16 Å². The third-order valence-electron chi connectivity index (χ3n) is 2.21. The Hall–Kier alpha value is -1.81. The van der Waals surface area contributed by atoms with Crippen LogP contribution < -0.4 is 10.5 Å². The van der Waals surface area contributed by atoms with E-state index < -0.39 is 0 Å². The van der Waals surface area contributed by atoms with E-state index in [2.05, 4.69) is 5.16 Å². The third kappa shape index (κ3) is 1.85. The van der Waals surface area contributed by atoms with Gasteiger partial charge >= 0.3 is 0 Å². The first-order valence-corrected chi connectivity index (χ1v) is 4.63. The fourth-order valence-corrected chi connectivity index (χ4v) is 1.41. The van der Waals surface area contributed by atoms with Crippen LogP contribution in [0, 0.1) is 0 Å². The maximum absolute atomic E-state index is 5.57. The van der Waals surface area contributed by atoms with Crippen molar-refractivity contribution in [3.05, 3.63) is 36.1 Å². The monoisotopic (exact) mass is 204 g/mol. The van der Waals surface area contributed by atoms with Gasteiger partial charge in [-0.25, -0.2) is 0 Å². The molecule has 0 aliphatic heterocycles. The van der Waals surface area contributed by atoms with Crippen molar-refractivity contribution < 1.29 is 9.26 Å². The number of ether oxygens (including phenoxy) is 1. The lowest BCUT2D eigenvalue weighted by atomic mass is 10.1. The number of rotatable bonds is 3. The van der Waals surface area contributed by atoms with Crippen LogP contribution in [-0.4, -0.2) is 12.3 Å². The van der Waals surface area contributed by atoms with Crippen molar-refractivity contribution in [2.75, 3.05) is 7.11 Å². The van der Waals surface area contributed by atoms with Gasteiger partial charge in [0, 0.05) is 17.7 Å². The van der Waals surface area contributed by atoms with Crippen LogP contribution in [0.2, 0.25) is 0 Å². The van der Waals surface area contributed by atoms with E-state index in [-0.39, 0.29) is 0 Å². The Morgan fingerprint density at radius 3 is 3.07 bits per heavy atom. The van der Waals surface area contributed by atoms with E-state index in [1.165, 1.54) is 0 Å². The Balaban J connectivity index is 2.44. The van der Waals surface area contributed by atoms with Crippen LogP contribution in [0.25, 0.3) is 11.3 Å². The summed E-state index contributed by atoms with van der Waals surface area (Å²) in [7, 11) is 1.63. The highest BCUT2D eigenvalue weighted by atomic mass is 16.5. The largest absolute Gasteiger partial charge is 0.497 e. The fourth-order valence-electron chi connectivity index (χ4n) is 1.41. The Morgan fingerprint density at radius 1 is 1.47 bits per heavy atom. The molecule has 78 valence electrons. The molecule has 0 amide bonds. The molecule has 0 atom stereocenters. The van der Waals surface area contributed by atoms with Crippen molar-refractivity contribution in [2.24, 2.45) is 5.73 Å². The van der Waals surface area contributed by atoms with E-state index in [1.807, 2.05) is 24.3 Å². The molecule has 0 bridgehead atoms. The van der Waals surface area contributed by atoms with Gasteiger partial charge in [0.1, 0.15) is 17.7 Å². The Labute approximate surface area is 87.6 Å². The van der Waals surface area contributed by atoms with E-state index in [1.54, 1.807) is 13.4 Å². The van der Waals surface area contributed by atoms with Crippen LogP contribution in [-0.2, 0) is 6.54 Å². The summed E-state index contributed by atoms with van der Waals surface area (Å²) in [6.45, 7) is 0.413. The second-order valence-electron chi connectivity index (χ2n) is 3.12. The van der Waals surface area contributed by atoms with Crippen LogP contribution in [0.4, 0.5) is 0 Å². The van der Waals surface area contributed by atoms with Crippen LogP contribution in [0.3, 0.4) is 0 Å². The standard InChI is InChI=1S/C11H12N2O2/c1-14-10-4-2-3-8(5-10)11-9(6-12)7-15-13-11/h2-5,7H,6,12H2,1H3. The predicted molar refractivity (Wildman–Crippen MR) is 56.4 cm³/mol. The van der Waals surface area contributed by atoms with E-state index in [9.17, 15) is 0 Å². The molecule has 0 saturated carbocycles. The first kappa shape index (κ1) is 9.73. The molecule has 0 spiro atoms. The van der Waals surface area contributed by atoms with Gasteiger partial charge in [0.25, 0.3) is 0 Å². The minimum atomic E-state index is 0.413. The average Bonchev–Trinajstić information content (AvgIpc) is 2.77. The Morgan fingerprint density at radius 2 is 2.33 bits per heavy atom. The molecular formula is C11H12N2O2. The normalized spacial score (nSPS) is 10.3. The Kier molecular flexibility index (Phi) is 2.69. The van der Waals surface area contributed by atoms with Crippen molar-refractivity contribution in [3.63, 3.8) is 0 Å². The minimum Gasteiger partial charge on any atom is -0.497 e. The first-order chi connectivity index (χ1) is 7.35. The average molecular weight is 204 g/mol. The summed E-state index contributed by atoms with van der Waals surface area (Å²) >= 11 is 0. The Bertz CT molecular complexity index is 451. The lowest BCUT2D eigenvalue weighted by molar-refractivity contribution is 0.414. The van der Waals surface area contributed by atoms with Gasteiger partial charge in [-0.1, -0.05) is 17.3 Å². The molecule has 1 heterocycles. The molecule has 1 aromatic heterocycles.